The summed E-state index contributed by atoms with van der Waals surface area (Å²) < 4.78 is 14.9. The maximum absolute atomic E-state index is 13.2. The number of carbonyl (C=O) groups excluding carboxylic acids is 2. The van der Waals surface area contributed by atoms with Crippen molar-refractivity contribution in [2.75, 3.05) is 10.6 Å². The van der Waals surface area contributed by atoms with Gasteiger partial charge in [-0.2, -0.15) is 5.10 Å². The van der Waals surface area contributed by atoms with E-state index >= 15 is 0 Å². The zero-order valence-corrected chi connectivity index (χ0v) is 16.6. The van der Waals surface area contributed by atoms with Crippen molar-refractivity contribution in [1.82, 2.24) is 9.78 Å². The van der Waals surface area contributed by atoms with E-state index < -0.39 is 0 Å². The SMILES string of the molecule is CCC(=O)Nc1ccc(C)c(NC(=O)c2cnn(-c3ccc(F)cc3)c2CC)c1. The molecule has 2 aromatic carbocycles. The van der Waals surface area contributed by atoms with Crippen LogP contribution in [0.2, 0.25) is 0 Å². The van der Waals surface area contributed by atoms with Gasteiger partial charge in [0.25, 0.3) is 5.91 Å². The van der Waals surface area contributed by atoms with Gasteiger partial charge < -0.3 is 10.6 Å². The van der Waals surface area contributed by atoms with Crippen molar-refractivity contribution in [3.63, 3.8) is 0 Å². The van der Waals surface area contributed by atoms with Crippen LogP contribution in [-0.4, -0.2) is 21.6 Å². The molecular formula is C22H23FN4O2. The first-order valence-electron chi connectivity index (χ1n) is 9.47. The second kappa shape index (κ2) is 8.68. The Morgan fingerprint density at radius 1 is 1.07 bits per heavy atom. The molecule has 0 atom stereocenters. The van der Waals surface area contributed by atoms with Crippen LogP contribution in [0.3, 0.4) is 0 Å². The van der Waals surface area contributed by atoms with Gasteiger partial charge in [0.1, 0.15) is 5.82 Å². The zero-order chi connectivity index (χ0) is 21.0. The van der Waals surface area contributed by atoms with Gasteiger partial charge in [0.15, 0.2) is 0 Å². The first-order chi connectivity index (χ1) is 13.9. The van der Waals surface area contributed by atoms with Crippen LogP contribution in [0.25, 0.3) is 5.69 Å². The second-order valence-corrected chi connectivity index (χ2v) is 6.63. The molecule has 0 saturated heterocycles. The highest BCUT2D eigenvalue weighted by atomic mass is 19.1. The topological polar surface area (TPSA) is 76.0 Å². The van der Waals surface area contributed by atoms with E-state index in [0.717, 1.165) is 11.3 Å². The van der Waals surface area contributed by atoms with Crippen molar-refractivity contribution in [3.05, 3.63) is 71.3 Å². The number of aromatic nitrogens is 2. The summed E-state index contributed by atoms with van der Waals surface area (Å²) in [5, 5.41) is 10.0. The highest BCUT2D eigenvalue weighted by molar-refractivity contribution is 6.06. The first kappa shape index (κ1) is 20.3. The molecule has 2 amide bonds. The number of nitrogens with one attached hydrogen (secondary N) is 2. The Balaban J connectivity index is 1.87. The van der Waals surface area contributed by atoms with Gasteiger partial charge in [-0.1, -0.05) is 19.9 Å². The second-order valence-electron chi connectivity index (χ2n) is 6.63. The fourth-order valence-corrected chi connectivity index (χ4v) is 2.98. The van der Waals surface area contributed by atoms with Crippen LogP contribution in [0, 0.1) is 12.7 Å². The van der Waals surface area contributed by atoms with Crippen molar-refractivity contribution in [3.8, 4) is 5.69 Å². The quantitative estimate of drug-likeness (QED) is 0.647. The lowest BCUT2D eigenvalue weighted by molar-refractivity contribution is -0.115. The Hall–Kier alpha value is -3.48. The van der Waals surface area contributed by atoms with Gasteiger partial charge in [-0.3, -0.25) is 9.59 Å². The van der Waals surface area contributed by atoms with E-state index in [4.69, 9.17) is 0 Å². The number of nitrogens with zero attached hydrogens (tertiary/aromatic N) is 2. The van der Waals surface area contributed by atoms with Gasteiger partial charge in [0.2, 0.25) is 5.91 Å². The molecule has 3 rings (SSSR count). The van der Waals surface area contributed by atoms with Gasteiger partial charge >= 0.3 is 0 Å². The standard InChI is InChI=1S/C22H23FN4O2/c1-4-20-18(13-24-27(20)17-10-7-15(23)8-11-17)22(29)26-19-12-16(9-6-14(19)3)25-21(28)5-2/h6-13H,4-5H2,1-3H3,(H,25,28)(H,26,29). The number of anilines is 2. The number of halogens is 1. The van der Waals surface area contributed by atoms with Crippen molar-refractivity contribution >= 4 is 23.2 Å². The van der Waals surface area contributed by atoms with E-state index in [1.165, 1.54) is 18.3 Å². The van der Waals surface area contributed by atoms with Crippen molar-refractivity contribution in [2.45, 2.75) is 33.6 Å². The van der Waals surface area contributed by atoms with Crippen LogP contribution in [-0.2, 0) is 11.2 Å². The number of benzene rings is 2. The van der Waals surface area contributed by atoms with Crippen molar-refractivity contribution in [1.29, 1.82) is 0 Å². The summed E-state index contributed by atoms with van der Waals surface area (Å²) in [6.45, 7) is 5.58. The molecule has 0 aliphatic heterocycles. The molecular weight excluding hydrogens is 371 g/mol. The molecule has 1 heterocycles. The van der Waals surface area contributed by atoms with E-state index in [2.05, 4.69) is 15.7 Å². The van der Waals surface area contributed by atoms with Crippen LogP contribution in [0.15, 0.2) is 48.7 Å². The minimum absolute atomic E-state index is 0.0972. The Kier molecular flexibility index (Phi) is 6.07. The van der Waals surface area contributed by atoms with Crippen molar-refractivity contribution < 1.29 is 14.0 Å². The van der Waals surface area contributed by atoms with Crippen LogP contribution in [0.1, 0.15) is 41.9 Å². The highest BCUT2D eigenvalue weighted by Gasteiger charge is 2.18. The molecule has 1 aromatic heterocycles. The van der Waals surface area contributed by atoms with Crippen LogP contribution >= 0.6 is 0 Å². The lowest BCUT2D eigenvalue weighted by Crippen LogP contribution is -2.16. The maximum Gasteiger partial charge on any atom is 0.259 e. The molecule has 150 valence electrons. The van der Waals surface area contributed by atoms with E-state index in [0.29, 0.717) is 35.5 Å². The molecule has 0 aliphatic carbocycles. The third-order valence-electron chi connectivity index (χ3n) is 4.61. The lowest BCUT2D eigenvalue weighted by atomic mass is 10.1. The van der Waals surface area contributed by atoms with Crippen molar-refractivity contribution in [2.24, 2.45) is 0 Å². The van der Waals surface area contributed by atoms with Gasteiger partial charge in [-0.15, -0.1) is 0 Å². The summed E-state index contributed by atoms with van der Waals surface area (Å²) >= 11 is 0. The van der Waals surface area contributed by atoms with E-state index in [9.17, 15) is 14.0 Å². The molecule has 0 saturated carbocycles. The number of aryl methyl sites for hydroxylation is 1. The molecule has 0 radical (unpaired) electrons. The molecule has 6 nitrogen and oxygen atoms in total. The van der Waals surface area contributed by atoms with E-state index in [-0.39, 0.29) is 17.6 Å². The largest absolute Gasteiger partial charge is 0.326 e. The predicted octanol–water partition coefficient (Wildman–Crippen LogP) is 4.48. The minimum atomic E-state index is -0.331. The Bertz CT molecular complexity index is 1040. The summed E-state index contributed by atoms with van der Waals surface area (Å²) in [5.41, 5.74) is 3.96. The Morgan fingerprint density at radius 2 is 1.79 bits per heavy atom. The lowest BCUT2D eigenvalue weighted by Gasteiger charge is -2.12. The Labute approximate surface area is 168 Å². The molecule has 0 unspecified atom stereocenters. The third-order valence-corrected chi connectivity index (χ3v) is 4.61. The first-order valence-corrected chi connectivity index (χ1v) is 9.47. The fourth-order valence-electron chi connectivity index (χ4n) is 2.98. The van der Waals surface area contributed by atoms with E-state index in [1.807, 2.05) is 19.9 Å². The third kappa shape index (κ3) is 4.51. The zero-order valence-electron chi connectivity index (χ0n) is 16.6. The van der Waals surface area contributed by atoms with Gasteiger partial charge in [-0.05, 0) is 55.3 Å². The average molecular weight is 394 g/mol. The minimum Gasteiger partial charge on any atom is -0.326 e. The summed E-state index contributed by atoms with van der Waals surface area (Å²) in [7, 11) is 0. The summed E-state index contributed by atoms with van der Waals surface area (Å²) in [4.78, 5) is 24.6. The molecule has 3 aromatic rings. The summed E-state index contributed by atoms with van der Waals surface area (Å²) in [5.74, 6) is -0.723. The summed E-state index contributed by atoms with van der Waals surface area (Å²) in [6.07, 6.45) is 2.46. The number of rotatable bonds is 6. The monoisotopic (exact) mass is 394 g/mol. The van der Waals surface area contributed by atoms with E-state index in [1.54, 1.807) is 35.9 Å². The van der Waals surface area contributed by atoms with Crippen LogP contribution < -0.4 is 10.6 Å². The predicted molar refractivity (Wildman–Crippen MR) is 111 cm³/mol. The van der Waals surface area contributed by atoms with Crippen LogP contribution in [0.5, 0.6) is 0 Å². The molecule has 0 fully saturated rings. The van der Waals surface area contributed by atoms with Gasteiger partial charge in [-0.25, -0.2) is 9.07 Å². The molecule has 7 heteroatoms. The van der Waals surface area contributed by atoms with Crippen LogP contribution in [0.4, 0.5) is 15.8 Å². The average Bonchev–Trinajstić information content (AvgIpc) is 3.15. The number of carbonyl (C=O) groups is 2. The summed E-state index contributed by atoms with van der Waals surface area (Å²) in [6, 6.07) is 11.3. The van der Waals surface area contributed by atoms with Gasteiger partial charge in [0, 0.05) is 17.8 Å². The molecule has 29 heavy (non-hydrogen) atoms. The fraction of sp³-hybridized carbons (Fsp3) is 0.227. The smallest absolute Gasteiger partial charge is 0.259 e. The number of amides is 2. The molecule has 0 spiro atoms. The Morgan fingerprint density at radius 3 is 2.45 bits per heavy atom. The highest BCUT2D eigenvalue weighted by Crippen LogP contribution is 2.23. The number of hydrogen-bond acceptors (Lipinski definition) is 3. The normalized spacial score (nSPS) is 10.6. The van der Waals surface area contributed by atoms with Gasteiger partial charge in [0.05, 0.1) is 23.1 Å². The molecule has 0 aliphatic rings. The molecule has 0 bridgehead atoms. The number of hydrogen-bond donors (Lipinski definition) is 2. The maximum atomic E-state index is 13.2. The molecule has 2 N–H and O–H groups in total.